The second-order valence-corrected chi connectivity index (χ2v) is 2.36. The summed E-state index contributed by atoms with van der Waals surface area (Å²) in [5, 5.41) is 1.37. The van der Waals surface area contributed by atoms with Crippen molar-refractivity contribution in [3.05, 3.63) is 23.1 Å². The standard InChI is InChI=1S/C5H4BrClO/c6-2-5-1-4(7)3-8-5/h1,3H,2H2. The molecule has 1 aromatic rings. The summed E-state index contributed by atoms with van der Waals surface area (Å²) in [6, 6.07) is 1.77. The first-order chi connectivity index (χ1) is 3.83. The average Bonchev–Trinajstić information content (AvgIpc) is 2.14. The Kier molecular flexibility index (Phi) is 1.97. The number of furan rings is 1. The number of halogens is 2. The van der Waals surface area contributed by atoms with E-state index in [9.17, 15) is 0 Å². The zero-order chi connectivity index (χ0) is 5.98. The molecule has 3 heteroatoms. The first kappa shape index (κ1) is 6.17. The van der Waals surface area contributed by atoms with Crippen molar-refractivity contribution in [1.29, 1.82) is 0 Å². The molecule has 0 saturated carbocycles. The van der Waals surface area contributed by atoms with E-state index in [2.05, 4.69) is 15.9 Å². The molecule has 1 aromatic heterocycles. The van der Waals surface area contributed by atoms with E-state index in [4.69, 9.17) is 16.0 Å². The number of hydrogen-bond donors (Lipinski definition) is 0. The van der Waals surface area contributed by atoms with Crippen LogP contribution in [0.25, 0.3) is 0 Å². The van der Waals surface area contributed by atoms with Gasteiger partial charge in [-0.3, -0.25) is 0 Å². The maximum Gasteiger partial charge on any atom is 0.115 e. The van der Waals surface area contributed by atoms with Crippen molar-refractivity contribution < 1.29 is 4.42 Å². The highest BCUT2D eigenvalue weighted by molar-refractivity contribution is 9.08. The van der Waals surface area contributed by atoms with Gasteiger partial charge in [0.05, 0.1) is 10.4 Å². The quantitative estimate of drug-likeness (QED) is 0.628. The molecule has 0 amide bonds. The van der Waals surface area contributed by atoms with Gasteiger partial charge in [-0.15, -0.1) is 0 Å². The Hall–Kier alpha value is 0.0500. The normalized spacial score (nSPS) is 9.75. The van der Waals surface area contributed by atoms with Gasteiger partial charge in [-0.2, -0.15) is 0 Å². The lowest BCUT2D eigenvalue weighted by Crippen LogP contribution is -1.62. The van der Waals surface area contributed by atoms with Crippen LogP contribution in [0.5, 0.6) is 0 Å². The minimum atomic E-state index is 0.652. The zero-order valence-electron chi connectivity index (χ0n) is 4.03. The summed E-state index contributed by atoms with van der Waals surface area (Å²) in [7, 11) is 0. The lowest BCUT2D eigenvalue weighted by atomic mass is 10.5. The molecule has 0 aliphatic heterocycles. The Morgan fingerprint density at radius 3 is 2.75 bits per heavy atom. The SMILES string of the molecule is Clc1coc(CBr)c1. The maximum absolute atomic E-state index is 5.52. The Bertz CT molecular complexity index is 173. The van der Waals surface area contributed by atoms with E-state index in [-0.39, 0.29) is 0 Å². The van der Waals surface area contributed by atoms with E-state index in [1.165, 1.54) is 6.26 Å². The molecule has 1 rings (SSSR count). The molecule has 0 bridgehead atoms. The van der Waals surface area contributed by atoms with Gasteiger partial charge >= 0.3 is 0 Å². The fourth-order valence-corrected chi connectivity index (χ4v) is 0.884. The fraction of sp³-hybridized carbons (Fsp3) is 0.200. The second kappa shape index (κ2) is 2.55. The van der Waals surface area contributed by atoms with Gasteiger partial charge in [0.1, 0.15) is 12.0 Å². The molecular formula is C5H4BrClO. The van der Waals surface area contributed by atoms with Crippen molar-refractivity contribution in [2.45, 2.75) is 5.33 Å². The highest BCUT2D eigenvalue weighted by Crippen LogP contribution is 2.14. The van der Waals surface area contributed by atoms with E-state index < -0.39 is 0 Å². The molecular weight excluding hydrogens is 191 g/mol. The first-order valence-electron chi connectivity index (χ1n) is 2.12. The van der Waals surface area contributed by atoms with Crippen LogP contribution < -0.4 is 0 Å². The van der Waals surface area contributed by atoms with E-state index in [0.717, 1.165) is 11.1 Å². The van der Waals surface area contributed by atoms with Gasteiger partial charge in [0, 0.05) is 0 Å². The first-order valence-corrected chi connectivity index (χ1v) is 3.62. The minimum absolute atomic E-state index is 0.652. The van der Waals surface area contributed by atoms with Crippen LogP contribution in [0.4, 0.5) is 0 Å². The molecule has 8 heavy (non-hydrogen) atoms. The summed E-state index contributed by atoms with van der Waals surface area (Å²) in [6.45, 7) is 0. The summed E-state index contributed by atoms with van der Waals surface area (Å²) >= 11 is 8.74. The van der Waals surface area contributed by atoms with Crippen LogP contribution >= 0.6 is 27.5 Å². The Morgan fingerprint density at radius 2 is 2.50 bits per heavy atom. The van der Waals surface area contributed by atoms with Gasteiger partial charge in [-0.05, 0) is 6.07 Å². The summed E-state index contributed by atoms with van der Waals surface area (Å²) in [5.41, 5.74) is 0. The summed E-state index contributed by atoms with van der Waals surface area (Å²) in [5.74, 6) is 0.856. The van der Waals surface area contributed by atoms with Crippen LogP contribution in [-0.4, -0.2) is 0 Å². The Morgan fingerprint density at radius 1 is 1.75 bits per heavy atom. The zero-order valence-corrected chi connectivity index (χ0v) is 6.37. The van der Waals surface area contributed by atoms with E-state index in [1.807, 2.05) is 0 Å². The van der Waals surface area contributed by atoms with Gasteiger partial charge in [0.25, 0.3) is 0 Å². The molecule has 0 radical (unpaired) electrons. The van der Waals surface area contributed by atoms with Crippen LogP contribution in [-0.2, 0) is 5.33 Å². The highest BCUT2D eigenvalue weighted by Gasteiger charge is 1.94. The highest BCUT2D eigenvalue weighted by atomic mass is 79.9. The maximum atomic E-state index is 5.52. The van der Waals surface area contributed by atoms with E-state index >= 15 is 0 Å². The molecule has 0 spiro atoms. The summed E-state index contributed by atoms with van der Waals surface area (Å²) in [6.07, 6.45) is 1.51. The fourth-order valence-electron chi connectivity index (χ4n) is 0.424. The smallest absolute Gasteiger partial charge is 0.115 e. The minimum Gasteiger partial charge on any atom is -0.467 e. The lowest BCUT2D eigenvalue weighted by Gasteiger charge is -1.77. The molecule has 44 valence electrons. The molecule has 0 aromatic carbocycles. The van der Waals surface area contributed by atoms with Crippen LogP contribution in [0.15, 0.2) is 16.7 Å². The summed E-state index contributed by atoms with van der Waals surface area (Å²) < 4.78 is 4.93. The van der Waals surface area contributed by atoms with Crippen LogP contribution in [0.1, 0.15) is 5.76 Å². The van der Waals surface area contributed by atoms with Crippen LogP contribution in [0.2, 0.25) is 5.02 Å². The van der Waals surface area contributed by atoms with Crippen molar-refractivity contribution in [2.75, 3.05) is 0 Å². The van der Waals surface area contributed by atoms with Gasteiger partial charge in [0.15, 0.2) is 0 Å². The van der Waals surface area contributed by atoms with Gasteiger partial charge in [-0.1, -0.05) is 27.5 Å². The third kappa shape index (κ3) is 1.26. The Labute approximate surface area is 60.8 Å². The number of hydrogen-bond acceptors (Lipinski definition) is 1. The van der Waals surface area contributed by atoms with Crippen LogP contribution in [0.3, 0.4) is 0 Å². The average molecular weight is 195 g/mol. The van der Waals surface area contributed by atoms with Gasteiger partial charge < -0.3 is 4.42 Å². The van der Waals surface area contributed by atoms with Crippen molar-refractivity contribution in [1.82, 2.24) is 0 Å². The molecule has 1 heterocycles. The van der Waals surface area contributed by atoms with Crippen LogP contribution in [0, 0.1) is 0 Å². The predicted octanol–water partition coefficient (Wildman–Crippen LogP) is 2.83. The third-order valence-corrected chi connectivity index (χ3v) is 1.50. The van der Waals surface area contributed by atoms with E-state index in [1.54, 1.807) is 6.07 Å². The molecule has 1 nitrogen and oxygen atoms in total. The second-order valence-electron chi connectivity index (χ2n) is 1.36. The number of alkyl halides is 1. The molecule has 0 aliphatic carbocycles. The summed E-state index contributed by atoms with van der Waals surface area (Å²) in [4.78, 5) is 0. The lowest BCUT2D eigenvalue weighted by molar-refractivity contribution is 0.531. The molecule has 0 unspecified atom stereocenters. The Balaban J connectivity index is 2.84. The largest absolute Gasteiger partial charge is 0.467 e. The van der Waals surface area contributed by atoms with E-state index in [0.29, 0.717) is 5.02 Å². The predicted molar refractivity (Wildman–Crippen MR) is 36.3 cm³/mol. The van der Waals surface area contributed by atoms with Crippen molar-refractivity contribution in [3.8, 4) is 0 Å². The molecule has 0 atom stereocenters. The molecule has 0 N–H and O–H groups in total. The van der Waals surface area contributed by atoms with Gasteiger partial charge in [-0.25, -0.2) is 0 Å². The number of rotatable bonds is 1. The molecule has 0 saturated heterocycles. The molecule has 0 aliphatic rings. The molecule has 0 fully saturated rings. The van der Waals surface area contributed by atoms with Crippen molar-refractivity contribution >= 4 is 27.5 Å². The monoisotopic (exact) mass is 194 g/mol. The van der Waals surface area contributed by atoms with Crippen molar-refractivity contribution in [2.24, 2.45) is 0 Å². The van der Waals surface area contributed by atoms with Gasteiger partial charge in [0.2, 0.25) is 0 Å². The van der Waals surface area contributed by atoms with Crippen molar-refractivity contribution in [3.63, 3.8) is 0 Å². The topological polar surface area (TPSA) is 13.1 Å². The third-order valence-electron chi connectivity index (χ3n) is 0.753.